The Morgan fingerprint density at radius 3 is 2.26 bits per heavy atom. The molecule has 0 aromatic heterocycles. The minimum absolute atomic E-state index is 0.191. The molecule has 1 atom stereocenters. The van der Waals surface area contributed by atoms with Gasteiger partial charge in [0, 0.05) is 6.04 Å². The van der Waals surface area contributed by atoms with E-state index in [4.69, 9.17) is 9.47 Å². The zero-order valence-electron chi connectivity index (χ0n) is 13.9. The molecule has 0 heterocycles. The van der Waals surface area contributed by atoms with Crippen LogP contribution in [0.15, 0.2) is 42.5 Å². The summed E-state index contributed by atoms with van der Waals surface area (Å²) in [4.78, 5) is 0. The van der Waals surface area contributed by atoms with Crippen LogP contribution < -0.4 is 14.8 Å². The van der Waals surface area contributed by atoms with E-state index in [0.29, 0.717) is 6.04 Å². The zero-order valence-corrected chi connectivity index (χ0v) is 13.9. The van der Waals surface area contributed by atoms with Crippen molar-refractivity contribution in [2.24, 2.45) is 0 Å². The first-order valence-corrected chi connectivity index (χ1v) is 7.81. The van der Waals surface area contributed by atoms with E-state index in [-0.39, 0.29) is 5.82 Å². The van der Waals surface area contributed by atoms with Crippen LogP contribution >= 0.6 is 0 Å². The lowest BCUT2D eigenvalue weighted by Crippen LogP contribution is -2.30. The maximum Gasteiger partial charge on any atom is 0.160 e. The number of hydrogen-bond acceptors (Lipinski definition) is 3. The number of methoxy groups -OCH3 is 2. The highest BCUT2D eigenvalue weighted by Gasteiger charge is 2.08. The molecule has 124 valence electrons. The van der Waals surface area contributed by atoms with Crippen LogP contribution in [0.5, 0.6) is 11.5 Å². The molecule has 0 aliphatic rings. The molecule has 0 fully saturated rings. The largest absolute Gasteiger partial charge is 0.493 e. The van der Waals surface area contributed by atoms with E-state index in [0.717, 1.165) is 36.4 Å². The monoisotopic (exact) mass is 317 g/mol. The molecule has 4 heteroatoms. The second kappa shape index (κ2) is 8.53. The van der Waals surface area contributed by atoms with E-state index in [2.05, 4.69) is 18.3 Å². The van der Waals surface area contributed by atoms with Crippen molar-refractivity contribution in [3.05, 3.63) is 59.4 Å². The molecule has 2 aromatic rings. The van der Waals surface area contributed by atoms with Crippen LogP contribution in [-0.4, -0.2) is 26.8 Å². The SMILES string of the molecule is COc1ccc(CC(C)NCCc2ccc(F)cc2)cc1OC. The summed E-state index contributed by atoms with van der Waals surface area (Å²) in [5.41, 5.74) is 2.33. The van der Waals surface area contributed by atoms with E-state index < -0.39 is 0 Å². The van der Waals surface area contributed by atoms with Gasteiger partial charge >= 0.3 is 0 Å². The number of rotatable bonds is 8. The molecule has 0 spiro atoms. The van der Waals surface area contributed by atoms with E-state index >= 15 is 0 Å². The van der Waals surface area contributed by atoms with Crippen molar-refractivity contribution < 1.29 is 13.9 Å². The summed E-state index contributed by atoms with van der Waals surface area (Å²) < 4.78 is 23.4. The fraction of sp³-hybridized carbons (Fsp3) is 0.368. The molecule has 0 saturated heterocycles. The van der Waals surface area contributed by atoms with Crippen LogP contribution in [0.3, 0.4) is 0 Å². The van der Waals surface area contributed by atoms with Gasteiger partial charge < -0.3 is 14.8 Å². The topological polar surface area (TPSA) is 30.5 Å². The molecule has 0 bridgehead atoms. The minimum Gasteiger partial charge on any atom is -0.493 e. The Labute approximate surface area is 137 Å². The molecule has 0 aliphatic carbocycles. The van der Waals surface area contributed by atoms with Crippen LogP contribution in [-0.2, 0) is 12.8 Å². The second-order valence-electron chi connectivity index (χ2n) is 5.63. The number of nitrogens with one attached hydrogen (secondary N) is 1. The fourth-order valence-electron chi connectivity index (χ4n) is 2.55. The lowest BCUT2D eigenvalue weighted by Gasteiger charge is -2.15. The Morgan fingerprint density at radius 1 is 0.957 bits per heavy atom. The van der Waals surface area contributed by atoms with E-state index in [1.165, 1.54) is 17.7 Å². The number of halogens is 1. The predicted octanol–water partition coefficient (Wildman–Crippen LogP) is 3.61. The van der Waals surface area contributed by atoms with Gasteiger partial charge in [0.1, 0.15) is 5.82 Å². The van der Waals surface area contributed by atoms with Crippen molar-refractivity contribution in [2.75, 3.05) is 20.8 Å². The Hall–Kier alpha value is -2.07. The first-order chi connectivity index (χ1) is 11.1. The van der Waals surface area contributed by atoms with Gasteiger partial charge in [-0.25, -0.2) is 4.39 Å². The van der Waals surface area contributed by atoms with Gasteiger partial charge in [0.2, 0.25) is 0 Å². The summed E-state index contributed by atoms with van der Waals surface area (Å²) in [5, 5.41) is 3.49. The number of ether oxygens (including phenoxy) is 2. The molecule has 0 amide bonds. The third-order valence-corrected chi connectivity index (χ3v) is 3.81. The first kappa shape index (κ1) is 17.3. The molecule has 1 N–H and O–H groups in total. The second-order valence-corrected chi connectivity index (χ2v) is 5.63. The van der Waals surface area contributed by atoms with Crippen molar-refractivity contribution >= 4 is 0 Å². The predicted molar refractivity (Wildman–Crippen MR) is 90.8 cm³/mol. The van der Waals surface area contributed by atoms with Crippen molar-refractivity contribution in [1.29, 1.82) is 0 Å². The molecule has 3 nitrogen and oxygen atoms in total. The Kier molecular flexibility index (Phi) is 6.41. The van der Waals surface area contributed by atoms with Gasteiger partial charge in [0.25, 0.3) is 0 Å². The molecular formula is C19H24FNO2. The highest BCUT2D eigenvalue weighted by Crippen LogP contribution is 2.27. The summed E-state index contributed by atoms with van der Waals surface area (Å²) in [6.07, 6.45) is 1.79. The quantitative estimate of drug-likeness (QED) is 0.807. The number of hydrogen-bond donors (Lipinski definition) is 1. The summed E-state index contributed by atoms with van der Waals surface area (Å²) in [6.45, 7) is 3.02. The lowest BCUT2D eigenvalue weighted by atomic mass is 10.1. The third-order valence-electron chi connectivity index (χ3n) is 3.81. The van der Waals surface area contributed by atoms with Crippen LogP contribution in [0.4, 0.5) is 4.39 Å². The first-order valence-electron chi connectivity index (χ1n) is 7.81. The summed E-state index contributed by atoms with van der Waals surface area (Å²) in [5.74, 6) is 1.31. The Morgan fingerprint density at radius 2 is 1.61 bits per heavy atom. The lowest BCUT2D eigenvalue weighted by molar-refractivity contribution is 0.354. The van der Waals surface area contributed by atoms with Crippen molar-refractivity contribution in [2.45, 2.75) is 25.8 Å². The van der Waals surface area contributed by atoms with Crippen LogP contribution in [0.25, 0.3) is 0 Å². The highest BCUT2D eigenvalue weighted by atomic mass is 19.1. The van der Waals surface area contributed by atoms with Gasteiger partial charge in [-0.3, -0.25) is 0 Å². The van der Waals surface area contributed by atoms with Gasteiger partial charge in [-0.15, -0.1) is 0 Å². The molecule has 0 aliphatic heterocycles. The Bertz CT molecular complexity index is 613. The average Bonchev–Trinajstić information content (AvgIpc) is 2.56. The molecule has 23 heavy (non-hydrogen) atoms. The maximum absolute atomic E-state index is 12.9. The molecule has 1 unspecified atom stereocenters. The summed E-state index contributed by atoms with van der Waals surface area (Å²) >= 11 is 0. The molecule has 2 rings (SSSR count). The summed E-state index contributed by atoms with van der Waals surface area (Å²) in [6, 6.07) is 13.0. The van der Waals surface area contributed by atoms with Gasteiger partial charge in [0.15, 0.2) is 11.5 Å². The van der Waals surface area contributed by atoms with Gasteiger partial charge in [-0.2, -0.15) is 0 Å². The zero-order chi connectivity index (χ0) is 16.7. The van der Waals surface area contributed by atoms with Gasteiger partial charge in [-0.05, 0) is 61.7 Å². The molecule has 0 saturated carbocycles. The smallest absolute Gasteiger partial charge is 0.160 e. The van der Waals surface area contributed by atoms with Crippen LogP contribution in [0.2, 0.25) is 0 Å². The third kappa shape index (κ3) is 5.25. The highest BCUT2D eigenvalue weighted by molar-refractivity contribution is 5.43. The Balaban J connectivity index is 1.82. The van der Waals surface area contributed by atoms with Crippen molar-refractivity contribution in [3.8, 4) is 11.5 Å². The normalized spacial score (nSPS) is 12.0. The van der Waals surface area contributed by atoms with Crippen molar-refractivity contribution in [3.63, 3.8) is 0 Å². The van der Waals surface area contributed by atoms with Crippen molar-refractivity contribution in [1.82, 2.24) is 5.32 Å². The average molecular weight is 317 g/mol. The molecule has 2 aromatic carbocycles. The minimum atomic E-state index is -0.191. The van der Waals surface area contributed by atoms with Crippen LogP contribution in [0, 0.1) is 5.82 Å². The molecule has 0 radical (unpaired) electrons. The van der Waals surface area contributed by atoms with Gasteiger partial charge in [-0.1, -0.05) is 18.2 Å². The summed E-state index contributed by atoms with van der Waals surface area (Å²) in [7, 11) is 3.28. The van der Waals surface area contributed by atoms with E-state index in [1.807, 2.05) is 24.3 Å². The van der Waals surface area contributed by atoms with E-state index in [9.17, 15) is 4.39 Å². The van der Waals surface area contributed by atoms with Gasteiger partial charge in [0.05, 0.1) is 14.2 Å². The van der Waals surface area contributed by atoms with Crippen LogP contribution in [0.1, 0.15) is 18.1 Å². The molecular weight excluding hydrogens is 293 g/mol. The maximum atomic E-state index is 12.9. The number of benzene rings is 2. The standard InChI is InChI=1S/C19H24FNO2/c1-14(21-11-10-15-4-7-17(20)8-5-15)12-16-6-9-18(22-2)19(13-16)23-3/h4-9,13-14,21H,10-12H2,1-3H3. The fourth-order valence-corrected chi connectivity index (χ4v) is 2.55. The van der Waals surface area contributed by atoms with E-state index in [1.54, 1.807) is 14.2 Å².